The monoisotopic (exact) mass is 515 g/mol. The number of likely N-dealkylation sites (tertiary alicyclic amines) is 1. The summed E-state index contributed by atoms with van der Waals surface area (Å²) in [7, 11) is 0. The van der Waals surface area contributed by atoms with Gasteiger partial charge in [-0.2, -0.15) is 5.26 Å². The summed E-state index contributed by atoms with van der Waals surface area (Å²) >= 11 is 0. The lowest BCUT2D eigenvalue weighted by molar-refractivity contribution is -0.141. The number of aliphatic imine (C=N–C) groups is 1. The zero-order valence-electron chi connectivity index (χ0n) is 21.1. The first kappa shape index (κ1) is 29.2. The normalized spacial score (nSPS) is 16.4. The summed E-state index contributed by atoms with van der Waals surface area (Å²) in [6.45, 7) is 2.81. The van der Waals surface area contributed by atoms with E-state index in [0.717, 1.165) is 0 Å². The third kappa shape index (κ3) is 8.27. The van der Waals surface area contributed by atoms with Crippen LogP contribution >= 0.6 is 0 Å². The number of nitrogens with one attached hydrogen (secondary N) is 2. The average molecular weight is 516 g/mol. The van der Waals surface area contributed by atoms with E-state index in [4.69, 9.17) is 16.7 Å². The first-order valence-corrected chi connectivity index (χ1v) is 12.1. The molecule has 2 rings (SSSR count). The number of halogens is 1. The fourth-order valence-electron chi connectivity index (χ4n) is 4.13. The predicted octanol–water partition coefficient (Wildman–Crippen LogP) is 0.381. The Bertz CT molecular complexity index is 1070. The molecule has 3 atom stereocenters. The molecule has 0 radical (unpaired) electrons. The van der Waals surface area contributed by atoms with E-state index in [1.165, 1.54) is 11.0 Å². The second kappa shape index (κ2) is 13.9. The molecule has 200 valence electrons. The van der Waals surface area contributed by atoms with Crippen molar-refractivity contribution < 1.29 is 23.6 Å². The van der Waals surface area contributed by atoms with Crippen LogP contribution in [0.5, 0.6) is 0 Å². The molecule has 1 aliphatic heterocycles. The van der Waals surface area contributed by atoms with Crippen LogP contribution in [0, 0.1) is 17.2 Å². The summed E-state index contributed by atoms with van der Waals surface area (Å²) in [6, 6.07) is 5.23. The molecule has 1 saturated heterocycles. The number of nitrogens with two attached hydrogens (primary N) is 2. The minimum atomic E-state index is -1.24. The first-order chi connectivity index (χ1) is 17.6. The number of rotatable bonds is 12. The quantitative estimate of drug-likeness (QED) is 0.176. The number of carbonyl (C=O) groups excluding carboxylic acids is 4. The highest BCUT2D eigenvalue weighted by Crippen LogP contribution is 2.21. The molecule has 1 aromatic rings. The number of carbonyl (C=O) groups is 4. The summed E-state index contributed by atoms with van der Waals surface area (Å²) in [5.41, 5.74) is 11.1. The molecule has 3 amide bonds. The molecule has 37 heavy (non-hydrogen) atoms. The Labute approximate surface area is 215 Å². The Morgan fingerprint density at radius 2 is 1.97 bits per heavy atom. The first-order valence-electron chi connectivity index (χ1n) is 12.1. The van der Waals surface area contributed by atoms with Crippen molar-refractivity contribution in [3.63, 3.8) is 0 Å². The van der Waals surface area contributed by atoms with E-state index in [9.17, 15) is 23.6 Å². The van der Waals surface area contributed by atoms with Gasteiger partial charge in [0.1, 0.15) is 18.8 Å². The summed E-state index contributed by atoms with van der Waals surface area (Å²) < 4.78 is 13.1. The zero-order valence-corrected chi connectivity index (χ0v) is 21.1. The summed E-state index contributed by atoms with van der Waals surface area (Å²) in [6.07, 6.45) is 1.40. The molecule has 0 aromatic heterocycles. The highest BCUT2D eigenvalue weighted by Gasteiger charge is 2.39. The van der Waals surface area contributed by atoms with Gasteiger partial charge in [-0.05, 0) is 49.8 Å². The molecule has 0 spiro atoms. The fourth-order valence-corrected chi connectivity index (χ4v) is 4.13. The molecular weight excluding hydrogens is 481 g/mol. The van der Waals surface area contributed by atoms with E-state index in [1.54, 1.807) is 32.0 Å². The largest absolute Gasteiger partial charge is 0.370 e. The Kier molecular flexibility index (Phi) is 11.0. The van der Waals surface area contributed by atoms with Crippen molar-refractivity contribution >= 4 is 29.5 Å². The topological polar surface area (TPSA) is 184 Å². The maximum absolute atomic E-state index is 13.5. The van der Waals surface area contributed by atoms with Crippen molar-refractivity contribution in [2.75, 3.05) is 19.8 Å². The second-order valence-electron chi connectivity index (χ2n) is 9.19. The third-order valence-corrected chi connectivity index (χ3v) is 6.09. The number of alkyl halides is 1. The van der Waals surface area contributed by atoms with E-state index in [-0.39, 0.29) is 30.4 Å². The minimum absolute atomic E-state index is 0.109. The minimum Gasteiger partial charge on any atom is -0.370 e. The lowest BCUT2D eigenvalue weighted by Crippen LogP contribution is -2.56. The summed E-state index contributed by atoms with van der Waals surface area (Å²) in [5.74, 6) is -2.69. The Morgan fingerprint density at radius 1 is 1.24 bits per heavy atom. The van der Waals surface area contributed by atoms with E-state index in [2.05, 4.69) is 15.6 Å². The van der Waals surface area contributed by atoms with Crippen LogP contribution in [0.3, 0.4) is 0 Å². The molecule has 0 unspecified atom stereocenters. The van der Waals surface area contributed by atoms with E-state index >= 15 is 0 Å². The van der Waals surface area contributed by atoms with Gasteiger partial charge in [0.25, 0.3) is 5.91 Å². The number of nitriles is 1. The van der Waals surface area contributed by atoms with Gasteiger partial charge in [0.15, 0.2) is 11.7 Å². The van der Waals surface area contributed by atoms with Crippen LogP contribution in [0.15, 0.2) is 29.3 Å². The summed E-state index contributed by atoms with van der Waals surface area (Å²) in [5, 5.41) is 14.4. The molecule has 0 aliphatic carbocycles. The number of ketones is 1. The molecule has 0 bridgehead atoms. The highest BCUT2D eigenvalue weighted by molar-refractivity contribution is 5.99. The maximum Gasteiger partial charge on any atom is 0.251 e. The molecule has 0 saturated carbocycles. The van der Waals surface area contributed by atoms with Crippen molar-refractivity contribution in [2.24, 2.45) is 22.4 Å². The number of Topliss-reactive ketones (excluding diaryl/α,β-unsaturated/α-hetero) is 1. The van der Waals surface area contributed by atoms with Crippen molar-refractivity contribution in [3.05, 3.63) is 35.4 Å². The lowest BCUT2D eigenvalue weighted by atomic mass is 10.0. The average Bonchev–Trinajstić information content (AvgIpc) is 3.37. The van der Waals surface area contributed by atoms with Gasteiger partial charge in [0, 0.05) is 18.7 Å². The standard InChI is InChI=1S/C25H34FN7O4/c1-15(2)21(32-22(35)17-7-3-6-16(12-17)14-27)24(37)33-11-5-9-19(33)23(36)31-18(20(34)13-26)8-4-10-30-25(28)29/h3,6-7,12,15,18-19,21H,4-5,8-11,13H2,1-2H3,(H,31,36)(H,32,35)(H4,28,29,30)/t18-,19-,21-/m0/s1. The van der Waals surface area contributed by atoms with Gasteiger partial charge in [-0.3, -0.25) is 24.2 Å². The Hall–Kier alpha value is -4.01. The molecular formula is C25H34FN7O4. The van der Waals surface area contributed by atoms with Crippen LogP contribution in [0.25, 0.3) is 0 Å². The second-order valence-corrected chi connectivity index (χ2v) is 9.19. The third-order valence-electron chi connectivity index (χ3n) is 6.09. The van der Waals surface area contributed by atoms with Gasteiger partial charge in [-0.15, -0.1) is 0 Å². The number of hydrogen-bond acceptors (Lipinski definition) is 6. The van der Waals surface area contributed by atoms with Gasteiger partial charge in [0.2, 0.25) is 11.8 Å². The molecule has 6 N–H and O–H groups in total. The highest BCUT2D eigenvalue weighted by atomic mass is 19.1. The van der Waals surface area contributed by atoms with Crippen LogP contribution in [0.1, 0.15) is 55.5 Å². The van der Waals surface area contributed by atoms with Crippen molar-refractivity contribution in [2.45, 2.75) is 57.7 Å². The number of hydrogen-bond donors (Lipinski definition) is 4. The van der Waals surface area contributed by atoms with Gasteiger partial charge < -0.3 is 27.0 Å². The van der Waals surface area contributed by atoms with E-state index in [0.29, 0.717) is 31.4 Å². The maximum atomic E-state index is 13.5. The molecule has 1 heterocycles. The van der Waals surface area contributed by atoms with Crippen LogP contribution in [-0.2, 0) is 14.4 Å². The number of nitrogens with zero attached hydrogens (tertiary/aromatic N) is 3. The summed E-state index contributed by atoms with van der Waals surface area (Å²) in [4.78, 5) is 56.6. The number of guanidine groups is 1. The van der Waals surface area contributed by atoms with Crippen molar-refractivity contribution in [1.82, 2.24) is 15.5 Å². The van der Waals surface area contributed by atoms with Gasteiger partial charge >= 0.3 is 0 Å². The number of amides is 3. The van der Waals surface area contributed by atoms with Crippen molar-refractivity contribution in [1.29, 1.82) is 5.26 Å². The van der Waals surface area contributed by atoms with Crippen LogP contribution in [0.2, 0.25) is 0 Å². The van der Waals surface area contributed by atoms with Gasteiger partial charge in [0.05, 0.1) is 17.7 Å². The Morgan fingerprint density at radius 3 is 2.59 bits per heavy atom. The smallest absolute Gasteiger partial charge is 0.251 e. The molecule has 12 heteroatoms. The van der Waals surface area contributed by atoms with Crippen LogP contribution in [-0.4, -0.2) is 72.3 Å². The van der Waals surface area contributed by atoms with Crippen LogP contribution < -0.4 is 22.1 Å². The van der Waals surface area contributed by atoms with Crippen molar-refractivity contribution in [3.8, 4) is 6.07 Å². The zero-order chi connectivity index (χ0) is 27.5. The number of benzene rings is 1. The predicted molar refractivity (Wildman–Crippen MR) is 135 cm³/mol. The molecule has 1 fully saturated rings. The molecule has 11 nitrogen and oxygen atoms in total. The fraction of sp³-hybridized carbons (Fsp3) is 0.520. The Balaban J connectivity index is 2.12. The van der Waals surface area contributed by atoms with Crippen LogP contribution in [0.4, 0.5) is 4.39 Å². The van der Waals surface area contributed by atoms with E-state index in [1.807, 2.05) is 6.07 Å². The van der Waals surface area contributed by atoms with Gasteiger partial charge in [-0.25, -0.2) is 4.39 Å². The molecule has 1 aromatic carbocycles. The van der Waals surface area contributed by atoms with E-state index < -0.39 is 48.3 Å². The van der Waals surface area contributed by atoms with Gasteiger partial charge in [-0.1, -0.05) is 19.9 Å². The lowest BCUT2D eigenvalue weighted by Gasteiger charge is -2.31. The SMILES string of the molecule is CC(C)[C@H](NC(=O)c1cccc(C#N)c1)C(=O)N1CCC[C@H]1C(=O)N[C@@H](CCCN=C(N)N)C(=O)CF. The molecule has 1 aliphatic rings.